The lowest BCUT2D eigenvalue weighted by atomic mass is 10.1. The van der Waals surface area contributed by atoms with Gasteiger partial charge in [0.1, 0.15) is 5.76 Å². The van der Waals surface area contributed by atoms with E-state index in [1.165, 1.54) is 0 Å². The molecule has 1 aliphatic heterocycles. The van der Waals surface area contributed by atoms with Crippen molar-refractivity contribution in [2.45, 2.75) is 32.2 Å². The number of rotatable bonds is 5. The van der Waals surface area contributed by atoms with Gasteiger partial charge < -0.3 is 15.1 Å². The molecule has 18 heavy (non-hydrogen) atoms. The van der Waals surface area contributed by atoms with Crippen LogP contribution in [0.1, 0.15) is 25.5 Å². The van der Waals surface area contributed by atoms with E-state index in [0.717, 1.165) is 18.6 Å². The number of furan rings is 1. The molecule has 2 N–H and O–H groups in total. The average Bonchev–Trinajstić information content (AvgIpc) is 2.97. The van der Waals surface area contributed by atoms with Gasteiger partial charge in [-0.15, -0.1) is 0 Å². The van der Waals surface area contributed by atoms with E-state index in [9.17, 15) is 9.59 Å². The second-order valence-corrected chi connectivity index (χ2v) is 4.73. The topological polar surface area (TPSA) is 71.3 Å². The first-order chi connectivity index (χ1) is 8.65. The van der Waals surface area contributed by atoms with Crippen molar-refractivity contribution in [2.75, 3.05) is 6.54 Å². The quantitative estimate of drug-likeness (QED) is 0.814. The molecule has 1 aromatic rings. The summed E-state index contributed by atoms with van der Waals surface area (Å²) in [7, 11) is 0. The van der Waals surface area contributed by atoms with Gasteiger partial charge in [0, 0.05) is 25.4 Å². The Morgan fingerprint density at radius 3 is 3.11 bits per heavy atom. The third-order valence-electron chi connectivity index (χ3n) is 3.14. The number of aryl methyl sites for hydroxylation is 1. The second-order valence-electron chi connectivity index (χ2n) is 4.73. The molecule has 1 aliphatic rings. The maximum atomic E-state index is 11.8. The second kappa shape index (κ2) is 5.71. The van der Waals surface area contributed by atoms with E-state index in [2.05, 4.69) is 10.6 Å². The van der Waals surface area contributed by atoms with Gasteiger partial charge in [-0.2, -0.15) is 0 Å². The monoisotopic (exact) mass is 250 g/mol. The predicted octanol–water partition coefficient (Wildman–Crippen LogP) is 0.853. The third-order valence-corrected chi connectivity index (χ3v) is 3.14. The van der Waals surface area contributed by atoms with Crippen molar-refractivity contribution in [3.63, 3.8) is 0 Å². The van der Waals surface area contributed by atoms with Crippen molar-refractivity contribution < 1.29 is 14.0 Å². The zero-order chi connectivity index (χ0) is 13.0. The molecular formula is C13H18N2O3. The van der Waals surface area contributed by atoms with Gasteiger partial charge in [0.05, 0.1) is 12.2 Å². The molecule has 98 valence electrons. The van der Waals surface area contributed by atoms with Gasteiger partial charge in [-0.1, -0.05) is 0 Å². The van der Waals surface area contributed by atoms with Crippen LogP contribution >= 0.6 is 0 Å². The first-order valence-electron chi connectivity index (χ1n) is 6.24. The smallest absolute Gasteiger partial charge is 0.225 e. The van der Waals surface area contributed by atoms with E-state index < -0.39 is 0 Å². The Morgan fingerprint density at radius 2 is 2.50 bits per heavy atom. The van der Waals surface area contributed by atoms with Gasteiger partial charge in [-0.05, 0) is 25.5 Å². The Morgan fingerprint density at radius 1 is 1.67 bits per heavy atom. The molecule has 2 rings (SSSR count). The average molecular weight is 250 g/mol. The SMILES string of the molecule is CC(CCc1ccco1)NC(=O)C1CNC(=O)C1. The molecule has 2 heterocycles. The van der Waals surface area contributed by atoms with E-state index in [0.29, 0.717) is 13.0 Å². The molecule has 1 aromatic heterocycles. The van der Waals surface area contributed by atoms with Crippen LogP contribution in [0.25, 0.3) is 0 Å². The molecular weight excluding hydrogens is 232 g/mol. The third kappa shape index (κ3) is 3.35. The highest BCUT2D eigenvalue weighted by molar-refractivity contribution is 5.89. The summed E-state index contributed by atoms with van der Waals surface area (Å²) in [4.78, 5) is 22.9. The molecule has 0 bridgehead atoms. The Bertz CT molecular complexity index is 414. The molecule has 2 amide bonds. The first kappa shape index (κ1) is 12.7. The summed E-state index contributed by atoms with van der Waals surface area (Å²) >= 11 is 0. The molecule has 5 nitrogen and oxygen atoms in total. The van der Waals surface area contributed by atoms with Crippen molar-refractivity contribution in [3.8, 4) is 0 Å². The molecule has 0 aromatic carbocycles. The minimum Gasteiger partial charge on any atom is -0.469 e. The summed E-state index contributed by atoms with van der Waals surface area (Å²) in [5, 5.41) is 5.60. The van der Waals surface area contributed by atoms with Crippen molar-refractivity contribution in [1.82, 2.24) is 10.6 Å². The highest BCUT2D eigenvalue weighted by Gasteiger charge is 2.28. The van der Waals surface area contributed by atoms with Gasteiger partial charge in [0.2, 0.25) is 11.8 Å². The number of hydrogen-bond donors (Lipinski definition) is 2. The zero-order valence-electron chi connectivity index (χ0n) is 10.4. The van der Waals surface area contributed by atoms with Crippen LogP contribution in [0.3, 0.4) is 0 Å². The molecule has 1 fully saturated rings. The normalized spacial score (nSPS) is 20.5. The Labute approximate surface area is 106 Å². The van der Waals surface area contributed by atoms with Gasteiger partial charge in [-0.25, -0.2) is 0 Å². The zero-order valence-corrected chi connectivity index (χ0v) is 10.4. The van der Waals surface area contributed by atoms with Crippen molar-refractivity contribution in [1.29, 1.82) is 0 Å². The molecule has 2 atom stereocenters. The number of nitrogens with one attached hydrogen (secondary N) is 2. The van der Waals surface area contributed by atoms with Crippen LogP contribution in [0.4, 0.5) is 0 Å². The minimum atomic E-state index is -0.219. The fourth-order valence-corrected chi connectivity index (χ4v) is 2.04. The van der Waals surface area contributed by atoms with Gasteiger partial charge in [-0.3, -0.25) is 9.59 Å². The maximum Gasteiger partial charge on any atom is 0.225 e. The van der Waals surface area contributed by atoms with Crippen molar-refractivity contribution >= 4 is 11.8 Å². The summed E-state index contributed by atoms with van der Waals surface area (Å²) in [6.07, 6.45) is 3.58. The summed E-state index contributed by atoms with van der Waals surface area (Å²) in [6.45, 7) is 2.42. The molecule has 2 unspecified atom stereocenters. The van der Waals surface area contributed by atoms with E-state index in [-0.39, 0.29) is 23.8 Å². The highest BCUT2D eigenvalue weighted by Crippen LogP contribution is 2.10. The standard InChI is InChI=1S/C13H18N2O3/c1-9(4-5-11-3-2-6-18-11)15-13(17)10-7-12(16)14-8-10/h2-3,6,9-10H,4-5,7-8H2,1H3,(H,14,16)(H,15,17). The lowest BCUT2D eigenvalue weighted by Gasteiger charge is -2.15. The van der Waals surface area contributed by atoms with Crippen LogP contribution in [0.2, 0.25) is 0 Å². The van der Waals surface area contributed by atoms with Crippen LogP contribution < -0.4 is 10.6 Å². The lowest BCUT2D eigenvalue weighted by molar-refractivity contribution is -0.127. The van der Waals surface area contributed by atoms with Crippen LogP contribution in [0.15, 0.2) is 22.8 Å². The van der Waals surface area contributed by atoms with E-state index in [1.807, 2.05) is 19.1 Å². The Balaban J connectivity index is 1.72. The fourth-order valence-electron chi connectivity index (χ4n) is 2.04. The summed E-state index contributed by atoms with van der Waals surface area (Å²) in [5.74, 6) is 0.621. The number of carbonyl (C=O) groups excluding carboxylic acids is 2. The molecule has 0 radical (unpaired) electrons. The first-order valence-corrected chi connectivity index (χ1v) is 6.24. The van der Waals surface area contributed by atoms with Crippen LogP contribution in [-0.4, -0.2) is 24.4 Å². The summed E-state index contributed by atoms with van der Waals surface area (Å²) < 4.78 is 5.24. The molecule has 5 heteroatoms. The minimum absolute atomic E-state index is 0.0414. The van der Waals surface area contributed by atoms with Crippen molar-refractivity contribution in [2.24, 2.45) is 5.92 Å². The number of hydrogen-bond acceptors (Lipinski definition) is 3. The molecule has 0 saturated carbocycles. The van der Waals surface area contributed by atoms with Gasteiger partial charge >= 0.3 is 0 Å². The van der Waals surface area contributed by atoms with Crippen LogP contribution in [0.5, 0.6) is 0 Å². The maximum absolute atomic E-state index is 11.8. The van der Waals surface area contributed by atoms with Crippen LogP contribution in [0, 0.1) is 5.92 Å². The van der Waals surface area contributed by atoms with Crippen molar-refractivity contribution in [3.05, 3.63) is 24.2 Å². The van der Waals surface area contributed by atoms with Gasteiger partial charge in [0.15, 0.2) is 0 Å². The van der Waals surface area contributed by atoms with Crippen LogP contribution in [-0.2, 0) is 16.0 Å². The summed E-state index contributed by atoms with van der Waals surface area (Å²) in [6, 6.07) is 3.86. The molecule has 1 saturated heterocycles. The Kier molecular flexibility index (Phi) is 4.02. The molecule has 0 aliphatic carbocycles. The van der Waals surface area contributed by atoms with Gasteiger partial charge in [0.25, 0.3) is 0 Å². The largest absolute Gasteiger partial charge is 0.469 e. The number of carbonyl (C=O) groups is 2. The summed E-state index contributed by atoms with van der Waals surface area (Å²) in [5.41, 5.74) is 0. The molecule has 0 spiro atoms. The highest BCUT2D eigenvalue weighted by atomic mass is 16.3. The lowest BCUT2D eigenvalue weighted by Crippen LogP contribution is -2.38. The van der Waals surface area contributed by atoms with E-state index in [4.69, 9.17) is 4.42 Å². The van der Waals surface area contributed by atoms with E-state index >= 15 is 0 Å². The fraction of sp³-hybridized carbons (Fsp3) is 0.538. The Hall–Kier alpha value is -1.78. The predicted molar refractivity (Wildman–Crippen MR) is 65.8 cm³/mol. The number of amides is 2. The van der Waals surface area contributed by atoms with E-state index in [1.54, 1.807) is 6.26 Å².